The Bertz CT molecular complexity index is 1400. The predicted octanol–water partition coefficient (Wildman–Crippen LogP) is 5.40. The summed E-state index contributed by atoms with van der Waals surface area (Å²) in [6.45, 7) is 3.67. The molecule has 0 atom stereocenters. The van der Waals surface area contributed by atoms with Crippen LogP contribution in [0.5, 0.6) is 23.0 Å². The lowest BCUT2D eigenvalue weighted by atomic mass is 10.2. The summed E-state index contributed by atoms with van der Waals surface area (Å²) in [5.41, 5.74) is 1.45. The standard InChI is InChI=1S/C27H25ClN4O5S/c1-2-34-21-10-6-20(7-11-21)32-25(16-37-22-8-3-18(28)4-9-22)30-31-27(32)38-17-26(33)29-19-5-12-23-24(15-19)36-14-13-35-23/h3-12,15H,2,13-14,16-17H2,1H3,(H,29,33). The van der Waals surface area contributed by atoms with Gasteiger partial charge in [-0.05, 0) is 67.6 Å². The van der Waals surface area contributed by atoms with Crippen LogP contribution in [0.1, 0.15) is 12.7 Å². The zero-order valence-corrected chi connectivity index (χ0v) is 22.1. The molecular formula is C27H25ClN4O5S. The van der Waals surface area contributed by atoms with E-state index in [0.717, 1.165) is 11.4 Å². The number of nitrogens with one attached hydrogen (secondary N) is 1. The number of ether oxygens (including phenoxy) is 4. The molecule has 0 bridgehead atoms. The van der Waals surface area contributed by atoms with Crippen LogP contribution in [-0.4, -0.2) is 46.2 Å². The molecule has 0 aliphatic carbocycles. The minimum Gasteiger partial charge on any atom is -0.494 e. The summed E-state index contributed by atoms with van der Waals surface area (Å²) in [5.74, 6) is 3.22. The lowest BCUT2D eigenvalue weighted by molar-refractivity contribution is -0.113. The van der Waals surface area contributed by atoms with Gasteiger partial charge in [0.2, 0.25) is 5.91 Å². The summed E-state index contributed by atoms with van der Waals surface area (Å²) in [7, 11) is 0. The highest BCUT2D eigenvalue weighted by molar-refractivity contribution is 7.99. The van der Waals surface area contributed by atoms with Gasteiger partial charge in [-0.3, -0.25) is 9.36 Å². The van der Waals surface area contributed by atoms with Crippen molar-refractivity contribution in [3.63, 3.8) is 0 Å². The van der Waals surface area contributed by atoms with Gasteiger partial charge in [0, 0.05) is 22.5 Å². The van der Waals surface area contributed by atoms with Gasteiger partial charge in [-0.2, -0.15) is 0 Å². The Hall–Kier alpha value is -3.89. The Morgan fingerprint density at radius 3 is 2.45 bits per heavy atom. The molecule has 0 unspecified atom stereocenters. The van der Waals surface area contributed by atoms with Gasteiger partial charge in [-0.15, -0.1) is 10.2 Å². The quantitative estimate of drug-likeness (QED) is 0.261. The summed E-state index contributed by atoms with van der Waals surface area (Å²) in [4.78, 5) is 12.7. The van der Waals surface area contributed by atoms with Gasteiger partial charge in [-0.25, -0.2) is 0 Å². The van der Waals surface area contributed by atoms with E-state index in [-0.39, 0.29) is 18.3 Å². The molecule has 1 aliphatic heterocycles. The van der Waals surface area contributed by atoms with E-state index in [1.165, 1.54) is 11.8 Å². The Labute approximate surface area is 229 Å². The van der Waals surface area contributed by atoms with Crippen molar-refractivity contribution in [3.05, 3.63) is 77.6 Å². The third kappa shape index (κ3) is 6.32. The third-order valence-electron chi connectivity index (χ3n) is 5.45. The maximum atomic E-state index is 12.7. The lowest BCUT2D eigenvalue weighted by Crippen LogP contribution is -2.17. The van der Waals surface area contributed by atoms with E-state index >= 15 is 0 Å². The van der Waals surface area contributed by atoms with Crippen molar-refractivity contribution in [3.8, 4) is 28.7 Å². The fourth-order valence-electron chi connectivity index (χ4n) is 3.73. The van der Waals surface area contributed by atoms with Crippen LogP contribution < -0.4 is 24.3 Å². The minimum absolute atomic E-state index is 0.127. The fourth-order valence-corrected chi connectivity index (χ4v) is 4.63. The molecule has 0 radical (unpaired) electrons. The Morgan fingerprint density at radius 2 is 1.68 bits per heavy atom. The maximum absolute atomic E-state index is 12.7. The molecule has 4 aromatic rings. The highest BCUT2D eigenvalue weighted by Crippen LogP contribution is 2.33. The topological polar surface area (TPSA) is 96.7 Å². The lowest BCUT2D eigenvalue weighted by Gasteiger charge is -2.19. The van der Waals surface area contributed by atoms with Crippen molar-refractivity contribution < 1.29 is 23.7 Å². The van der Waals surface area contributed by atoms with E-state index in [1.54, 1.807) is 42.5 Å². The monoisotopic (exact) mass is 552 g/mol. The molecule has 2 heterocycles. The number of nitrogens with zero attached hydrogens (tertiary/aromatic N) is 3. The van der Waals surface area contributed by atoms with E-state index in [2.05, 4.69) is 15.5 Å². The molecule has 1 aliphatic rings. The molecule has 0 fully saturated rings. The van der Waals surface area contributed by atoms with Crippen molar-refractivity contribution in [1.82, 2.24) is 14.8 Å². The number of thioether (sulfide) groups is 1. The highest BCUT2D eigenvalue weighted by atomic mass is 35.5. The zero-order chi connectivity index (χ0) is 26.3. The average Bonchev–Trinajstić information content (AvgIpc) is 3.35. The second-order valence-corrected chi connectivity index (χ2v) is 9.48. The largest absolute Gasteiger partial charge is 0.494 e. The number of amides is 1. The number of anilines is 1. The van der Waals surface area contributed by atoms with E-state index in [4.69, 9.17) is 30.5 Å². The average molecular weight is 553 g/mol. The molecule has 11 heteroatoms. The smallest absolute Gasteiger partial charge is 0.234 e. The summed E-state index contributed by atoms with van der Waals surface area (Å²) in [6, 6.07) is 20.0. The molecule has 1 aromatic heterocycles. The van der Waals surface area contributed by atoms with Crippen LogP contribution >= 0.6 is 23.4 Å². The SMILES string of the molecule is CCOc1ccc(-n2c(COc3ccc(Cl)cc3)nnc2SCC(=O)Nc2ccc3c(c2)OCCO3)cc1. The molecule has 38 heavy (non-hydrogen) atoms. The number of halogens is 1. The van der Waals surface area contributed by atoms with Crippen molar-refractivity contribution in [2.24, 2.45) is 0 Å². The first-order chi connectivity index (χ1) is 18.6. The van der Waals surface area contributed by atoms with Crippen molar-refractivity contribution in [2.75, 3.05) is 30.9 Å². The minimum atomic E-state index is -0.188. The molecule has 0 saturated carbocycles. The first-order valence-electron chi connectivity index (χ1n) is 12.0. The molecule has 5 rings (SSSR count). The Kier molecular flexibility index (Phi) is 8.20. The van der Waals surface area contributed by atoms with Crippen LogP contribution in [0.3, 0.4) is 0 Å². The number of rotatable bonds is 10. The van der Waals surface area contributed by atoms with E-state index < -0.39 is 0 Å². The van der Waals surface area contributed by atoms with Crippen LogP contribution in [-0.2, 0) is 11.4 Å². The molecular weight excluding hydrogens is 528 g/mol. The summed E-state index contributed by atoms with van der Waals surface area (Å²) in [6.07, 6.45) is 0. The highest BCUT2D eigenvalue weighted by Gasteiger charge is 2.18. The molecule has 196 valence electrons. The summed E-state index contributed by atoms with van der Waals surface area (Å²) in [5, 5.41) is 12.8. The van der Waals surface area contributed by atoms with Gasteiger partial charge in [-0.1, -0.05) is 23.4 Å². The van der Waals surface area contributed by atoms with Crippen LogP contribution in [0.25, 0.3) is 5.69 Å². The van der Waals surface area contributed by atoms with Crippen LogP contribution in [0.2, 0.25) is 5.02 Å². The van der Waals surface area contributed by atoms with Gasteiger partial charge >= 0.3 is 0 Å². The maximum Gasteiger partial charge on any atom is 0.234 e. The van der Waals surface area contributed by atoms with Crippen LogP contribution in [0.4, 0.5) is 5.69 Å². The van der Waals surface area contributed by atoms with Crippen LogP contribution in [0, 0.1) is 0 Å². The summed E-state index contributed by atoms with van der Waals surface area (Å²) < 4.78 is 24.5. The second kappa shape index (κ2) is 12.1. The zero-order valence-electron chi connectivity index (χ0n) is 20.6. The number of hydrogen-bond acceptors (Lipinski definition) is 8. The van der Waals surface area contributed by atoms with Gasteiger partial charge in [0.05, 0.1) is 12.4 Å². The van der Waals surface area contributed by atoms with Gasteiger partial charge in [0.25, 0.3) is 0 Å². The van der Waals surface area contributed by atoms with E-state index in [1.807, 2.05) is 35.8 Å². The first-order valence-corrected chi connectivity index (χ1v) is 13.3. The number of fused-ring (bicyclic) bond motifs is 1. The Morgan fingerprint density at radius 1 is 0.974 bits per heavy atom. The number of hydrogen-bond donors (Lipinski definition) is 1. The molecule has 3 aromatic carbocycles. The van der Waals surface area contributed by atoms with Crippen LogP contribution in [0.15, 0.2) is 71.9 Å². The van der Waals surface area contributed by atoms with E-state index in [0.29, 0.717) is 58.8 Å². The third-order valence-corrected chi connectivity index (χ3v) is 6.63. The van der Waals surface area contributed by atoms with Gasteiger partial charge < -0.3 is 24.3 Å². The van der Waals surface area contributed by atoms with Crippen molar-refractivity contribution in [1.29, 1.82) is 0 Å². The number of aromatic nitrogens is 3. The van der Waals surface area contributed by atoms with Crippen molar-refractivity contribution in [2.45, 2.75) is 18.7 Å². The first kappa shape index (κ1) is 25.7. The molecule has 0 spiro atoms. The molecule has 0 saturated heterocycles. The summed E-state index contributed by atoms with van der Waals surface area (Å²) >= 11 is 7.25. The predicted molar refractivity (Wildman–Crippen MR) is 145 cm³/mol. The number of benzene rings is 3. The second-order valence-electron chi connectivity index (χ2n) is 8.10. The molecule has 1 amide bonds. The number of carbonyl (C=O) groups excluding carboxylic acids is 1. The number of carbonyl (C=O) groups is 1. The normalized spacial score (nSPS) is 12.2. The van der Waals surface area contributed by atoms with Gasteiger partial charge in [0.15, 0.2) is 22.5 Å². The van der Waals surface area contributed by atoms with Crippen molar-refractivity contribution >= 4 is 35.0 Å². The Balaban J connectivity index is 1.31. The molecule has 1 N–H and O–H groups in total. The van der Waals surface area contributed by atoms with Gasteiger partial charge in [0.1, 0.15) is 31.3 Å². The van der Waals surface area contributed by atoms with E-state index in [9.17, 15) is 4.79 Å². The molecule has 9 nitrogen and oxygen atoms in total. The fraction of sp³-hybridized carbons (Fsp3) is 0.222.